The second-order valence-corrected chi connectivity index (χ2v) is 3.68. The van der Waals surface area contributed by atoms with E-state index in [4.69, 9.17) is 5.73 Å². The van der Waals surface area contributed by atoms with Gasteiger partial charge in [0.15, 0.2) is 0 Å². The molecule has 2 aromatic rings. The predicted octanol–water partition coefficient (Wildman–Crippen LogP) is 1.67. The van der Waals surface area contributed by atoms with E-state index in [0.29, 0.717) is 5.82 Å². The Hall–Kier alpha value is -1.84. The number of pyridine rings is 1. The lowest BCUT2D eigenvalue weighted by Gasteiger charge is -2.06. The van der Waals surface area contributed by atoms with Crippen LogP contribution in [0, 0.1) is 0 Å². The number of nitrogens with zero attached hydrogens (tertiary/aromatic N) is 3. The average Bonchev–Trinajstić information content (AvgIpc) is 2.75. The van der Waals surface area contributed by atoms with E-state index >= 15 is 0 Å². The van der Waals surface area contributed by atoms with E-state index in [1.54, 1.807) is 6.20 Å². The summed E-state index contributed by atoms with van der Waals surface area (Å²) in [5, 5.41) is 0. The fourth-order valence-corrected chi connectivity index (χ4v) is 1.76. The lowest BCUT2D eigenvalue weighted by atomic mass is 10.1. The second kappa shape index (κ2) is 4.79. The van der Waals surface area contributed by atoms with Crippen LogP contribution in [0.3, 0.4) is 0 Å². The molecule has 0 bridgehead atoms. The highest BCUT2D eigenvalue weighted by Crippen LogP contribution is 2.10. The van der Waals surface area contributed by atoms with E-state index in [1.165, 1.54) is 0 Å². The molecule has 0 saturated heterocycles. The molecule has 0 spiro atoms. The van der Waals surface area contributed by atoms with Gasteiger partial charge in [0.05, 0.1) is 0 Å². The van der Waals surface area contributed by atoms with Crippen molar-refractivity contribution in [1.82, 2.24) is 14.5 Å². The molecule has 16 heavy (non-hydrogen) atoms. The molecule has 0 saturated carbocycles. The second-order valence-electron chi connectivity index (χ2n) is 3.68. The molecule has 0 amide bonds. The molecule has 4 heteroatoms. The highest BCUT2D eigenvalue weighted by molar-refractivity contribution is 5.38. The number of nitrogen functional groups attached to an aromatic ring is 1. The lowest BCUT2D eigenvalue weighted by molar-refractivity contribution is 0.689. The summed E-state index contributed by atoms with van der Waals surface area (Å²) < 4.78 is 2.15. The quantitative estimate of drug-likeness (QED) is 0.845. The van der Waals surface area contributed by atoms with E-state index in [2.05, 4.69) is 21.5 Å². The van der Waals surface area contributed by atoms with E-state index < -0.39 is 0 Å². The third kappa shape index (κ3) is 2.21. The molecule has 0 radical (unpaired) electrons. The average molecular weight is 216 g/mol. The van der Waals surface area contributed by atoms with Crippen molar-refractivity contribution in [2.75, 3.05) is 5.73 Å². The van der Waals surface area contributed by atoms with Gasteiger partial charge in [0, 0.05) is 31.6 Å². The van der Waals surface area contributed by atoms with Gasteiger partial charge in [0.1, 0.15) is 11.6 Å². The molecule has 0 atom stereocenters. The van der Waals surface area contributed by atoms with Crippen molar-refractivity contribution < 1.29 is 0 Å². The van der Waals surface area contributed by atoms with Crippen LogP contribution in [0.15, 0.2) is 30.7 Å². The fourth-order valence-electron chi connectivity index (χ4n) is 1.76. The minimum Gasteiger partial charge on any atom is -0.383 e. The molecule has 0 aliphatic heterocycles. The Morgan fingerprint density at radius 2 is 2.12 bits per heavy atom. The first-order chi connectivity index (χ1) is 7.81. The Kier molecular flexibility index (Phi) is 3.19. The SMILES string of the molecule is CCn1ccnc1CCc1cccnc1N. The molecule has 2 rings (SSSR count). The third-order valence-electron chi connectivity index (χ3n) is 2.69. The van der Waals surface area contributed by atoms with Crippen molar-refractivity contribution in [2.24, 2.45) is 0 Å². The number of nitrogens with two attached hydrogens (primary N) is 1. The minimum absolute atomic E-state index is 0.622. The largest absolute Gasteiger partial charge is 0.383 e. The van der Waals surface area contributed by atoms with Crippen molar-refractivity contribution >= 4 is 5.82 Å². The maximum atomic E-state index is 5.79. The first-order valence-corrected chi connectivity index (χ1v) is 5.50. The molecule has 84 valence electrons. The van der Waals surface area contributed by atoms with Gasteiger partial charge in [-0.05, 0) is 25.0 Å². The highest BCUT2D eigenvalue weighted by Gasteiger charge is 2.04. The van der Waals surface area contributed by atoms with Gasteiger partial charge in [-0.25, -0.2) is 9.97 Å². The van der Waals surface area contributed by atoms with Crippen molar-refractivity contribution in [3.63, 3.8) is 0 Å². The van der Waals surface area contributed by atoms with Crippen LogP contribution in [0.5, 0.6) is 0 Å². The summed E-state index contributed by atoms with van der Waals surface area (Å²) in [7, 11) is 0. The van der Waals surface area contributed by atoms with Gasteiger partial charge in [-0.1, -0.05) is 6.07 Å². The minimum atomic E-state index is 0.622. The topological polar surface area (TPSA) is 56.7 Å². The Morgan fingerprint density at radius 3 is 2.88 bits per heavy atom. The Balaban J connectivity index is 2.05. The van der Waals surface area contributed by atoms with Crippen LogP contribution >= 0.6 is 0 Å². The van der Waals surface area contributed by atoms with Crippen LogP contribution in [-0.4, -0.2) is 14.5 Å². The van der Waals surface area contributed by atoms with Gasteiger partial charge in [0.2, 0.25) is 0 Å². The number of rotatable bonds is 4. The molecule has 2 aromatic heterocycles. The van der Waals surface area contributed by atoms with Crippen molar-refractivity contribution in [3.05, 3.63) is 42.1 Å². The summed E-state index contributed by atoms with van der Waals surface area (Å²) in [5.74, 6) is 1.72. The van der Waals surface area contributed by atoms with Gasteiger partial charge < -0.3 is 10.3 Å². The summed E-state index contributed by atoms with van der Waals surface area (Å²) in [6.45, 7) is 3.07. The Morgan fingerprint density at radius 1 is 1.25 bits per heavy atom. The summed E-state index contributed by atoms with van der Waals surface area (Å²) in [6, 6.07) is 3.93. The molecule has 2 N–H and O–H groups in total. The number of aryl methyl sites for hydroxylation is 3. The van der Waals surface area contributed by atoms with Crippen LogP contribution in [0.25, 0.3) is 0 Å². The smallest absolute Gasteiger partial charge is 0.126 e. The maximum absolute atomic E-state index is 5.79. The van der Waals surface area contributed by atoms with E-state index in [9.17, 15) is 0 Å². The van der Waals surface area contributed by atoms with Crippen molar-refractivity contribution in [3.8, 4) is 0 Å². The molecule has 0 aliphatic carbocycles. The predicted molar refractivity (Wildman–Crippen MR) is 64.0 cm³/mol. The monoisotopic (exact) mass is 216 g/mol. The molecule has 0 fully saturated rings. The maximum Gasteiger partial charge on any atom is 0.126 e. The van der Waals surface area contributed by atoms with Gasteiger partial charge in [0.25, 0.3) is 0 Å². The van der Waals surface area contributed by atoms with Crippen LogP contribution < -0.4 is 5.73 Å². The highest BCUT2D eigenvalue weighted by atomic mass is 15.0. The first kappa shape index (κ1) is 10.7. The Bertz CT molecular complexity index is 462. The summed E-state index contributed by atoms with van der Waals surface area (Å²) in [5.41, 5.74) is 6.88. The summed E-state index contributed by atoms with van der Waals surface area (Å²) in [6.07, 6.45) is 7.34. The first-order valence-electron chi connectivity index (χ1n) is 5.50. The molecular weight excluding hydrogens is 200 g/mol. The van der Waals surface area contributed by atoms with Crippen molar-refractivity contribution in [1.29, 1.82) is 0 Å². The summed E-state index contributed by atoms with van der Waals surface area (Å²) in [4.78, 5) is 8.41. The number of hydrogen-bond donors (Lipinski definition) is 1. The molecule has 0 unspecified atom stereocenters. The fraction of sp³-hybridized carbons (Fsp3) is 0.333. The van der Waals surface area contributed by atoms with Gasteiger partial charge in [-0.3, -0.25) is 0 Å². The normalized spacial score (nSPS) is 10.6. The standard InChI is InChI=1S/C12H16N4/c1-2-16-9-8-14-11(16)6-5-10-4-3-7-15-12(10)13/h3-4,7-9H,2,5-6H2,1H3,(H2,13,15). The third-order valence-corrected chi connectivity index (χ3v) is 2.69. The van der Waals surface area contributed by atoms with Crippen LogP contribution in [-0.2, 0) is 19.4 Å². The Labute approximate surface area is 95.1 Å². The molecule has 0 aliphatic rings. The van der Waals surface area contributed by atoms with Crippen LogP contribution in [0.2, 0.25) is 0 Å². The number of anilines is 1. The van der Waals surface area contributed by atoms with E-state index in [1.807, 2.05) is 24.5 Å². The molecule has 0 aromatic carbocycles. The van der Waals surface area contributed by atoms with Gasteiger partial charge in [-0.15, -0.1) is 0 Å². The molecular formula is C12H16N4. The number of hydrogen-bond acceptors (Lipinski definition) is 3. The lowest BCUT2D eigenvalue weighted by Crippen LogP contribution is -2.04. The zero-order chi connectivity index (χ0) is 11.4. The number of imidazole rings is 1. The van der Waals surface area contributed by atoms with Crippen molar-refractivity contribution in [2.45, 2.75) is 26.3 Å². The van der Waals surface area contributed by atoms with Crippen LogP contribution in [0.1, 0.15) is 18.3 Å². The van der Waals surface area contributed by atoms with E-state index in [-0.39, 0.29) is 0 Å². The van der Waals surface area contributed by atoms with Gasteiger partial charge in [-0.2, -0.15) is 0 Å². The molecule has 2 heterocycles. The summed E-state index contributed by atoms with van der Waals surface area (Å²) >= 11 is 0. The zero-order valence-corrected chi connectivity index (χ0v) is 9.43. The zero-order valence-electron chi connectivity index (χ0n) is 9.43. The molecule has 4 nitrogen and oxygen atoms in total. The van der Waals surface area contributed by atoms with Crippen LogP contribution in [0.4, 0.5) is 5.82 Å². The van der Waals surface area contributed by atoms with E-state index in [0.717, 1.165) is 30.8 Å². The number of aromatic nitrogens is 3. The van der Waals surface area contributed by atoms with Gasteiger partial charge >= 0.3 is 0 Å².